The first-order valence-corrected chi connectivity index (χ1v) is 7.36. The fourth-order valence-electron chi connectivity index (χ4n) is 2.65. The second-order valence-corrected chi connectivity index (χ2v) is 5.37. The van der Waals surface area contributed by atoms with Crippen molar-refractivity contribution in [3.05, 3.63) is 76.5 Å². The molecule has 0 unspecified atom stereocenters. The third-order valence-electron chi connectivity index (χ3n) is 3.81. The summed E-state index contributed by atoms with van der Waals surface area (Å²) in [5, 5.41) is 8.96. The van der Waals surface area contributed by atoms with Gasteiger partial charge in [-0.05, 0) is 31.2 Å². The smallest absolute Gasteiger partial charge is 0.301 e. The van der Waals surface area contributed by atoms with Crippen molar-refractivity contribution >= 4 is 10.9 Å². The van der Waals surface area contributed by atoms with Gasteiger partial charge in [-0.25, -0.2) is 4.39 Å². The Hall–Kier alpha value is -3.28. The van der Waals surface area contributed by atoms with E-state index in [1.807, 2.05) is 30.3 Å². The Kier molecular flexibility index (Phi) is 3.23. The normalized spacial score (nSPS) is 11.1. The molecule has 0 aliphatic carbocycles. The van der Waals surface area contributed by atoms with E-state index < -0.39 is 5.56 Å². The van der Waals surface area contributed by atoms with E-state index in [9.17, 15) is 9.18 Å². The summed E-state index contributed by atoms with van der Waals surface area (Å²) in [6.45, 7) is 1.74. The highest BCUT2D eigenvalue weighted by Crippen LogP contribution is 2.27. The van der Waals surface area contributed by atoms with Crippen LogP contribution in [0.1, 0.15) is 5.76 Å². The number of fused-ring (bicyclic) bond motifs is 1. The maximum absolute atomic E-state index is 13.2. The van der Waals surface area contributed by atoms with Crippen LogP contribution < -0.4 is 5.56 Å². The van der Waals surface area contributed by atoms with Gasteiger partial charge in [-0.15, -0.1) is 0 Å². The summed E-state index contributed by atoms with van der Waals surface area (Å²) < 4.78 is 19.6. The number of aryl methyl sites for hydroxylation is 1. The molecule has 0 saturated carbocycles. The predicted molar refractivity (Wildman–Crippen MR) is 87.5 cm³/mol. The number of hydrogen-bond acceptors (Lipinski definition) is 4. The molecule has 5 nitrogen and oxygen atoms in total. The Morgan fingerprint density at radius 3 is 2.46 bits per heavy atom. The minimum Gasteiger partial charge on any atom is -0.360 e. The number of hydrogen-bond donors (Lipinski definition) is 0. The van der Waals surface area contributed by atoms with Crippen LogP contribution in [0, 0.1) is 12.7 Å². The van der Waals surface area contributed by atoms with Crippen LogP contribution in [0.5, 0.6) is 0 Å². The number of rotatable bonds is 2. The first-order valence-electron chi connectivity index (χ1n) is 7.36. The van der Waals surface area contributed by atoms with Crippen LogP contribution in [0.25, 0.3) is 27.8 Å². The molecule has 0 bridgehead atoms. The van der Waals surface area contributed by atoms with Gasteiger partial charge in [0.15, 0.2) is 5.52 Å². The second kappa shape index (κ2) is 5.42. The SMILES string of the molecule is Cc1onc2c(=O)n(-c3ccc(F)cc3)nc(-c3ccccc3)c12. The molecule has 0 spiro atoms. The third-order valence-corrected chi connectivity index (χ3v) is 3.81. The van der Waals surface area contributed by atoms with Crippen LogP contribution in [0.2, 0.25) is 0 Å². The molecule has 0 atom stereocenters. The van der Waals surface area contributed by atoms with Gasteiger partial charge in [0.1, 0.15) is 17.3 Å². The summed E-state index contributed by atoms with van der Waals surface area (Å²) >= 11 is 0. The van der Waals surface area contributed by atoms with Gasteiger partial charge in [0.2, 0.25) is 0 Å². The highest BCUT2D eigenvalue weighted by molar-refractivity contribution is 5.93. The van der Waals surface area contributed by atoms with Gasteiger partial charge in [-0.2, -0.15) is 9.78 Å². The Morgan fingerprint density at radius 1 is 1.04 bits per heavy atom. The highest BCUT2D eigenvalue weighted by Gasteiger charge is 2.19. The van der Waals surface area contributed by atoms with Crippen molar-refractivity contribution in [3.8, 4) is 16.9 Å². The zero-order chi connectivity index (χ0) is 16.7. The number of halogens is 1. The summed E-state index contributed by atoms with van der Waals surface area (Å²) in [5.74, 6) is 0.146. The minimum absolute atomic E-state index is 0.200. The van der Waals surface area contributed by atoms with E-state index in [1.165, 1.54) is 28.9 Å². The van der Waals surface area contributed by atoms with Crippen molar-refractivity contribution in [2.75, 3.05) is 0 Å². The fourth-order valence-corrected chi connectivity index (χ4v) is 2.65. The van der Waals surface area contributed by atoms with Gasteiger partial charge in [0, 0.05) is 5.56 Å². The molecule has 0 fully saturated rings. The zero-order valence-electron chi connectivity index (χ0n) is 12.7. The van der Waals surface area contributed by atoms with Crippen molar-refractivity contribution < 1.29 is 8.91 Å². The quantitative estimate of drug-likeness (QED) is 0.567. The topological polar surface area (TPSA) is 60.9 Å². The summed E-state index contributed by atoms with van der Waals surface area (Å²) in [4.78, 5) is 12.7. The van der Waals surface area contributed by atoms with Crippen molar-refractivity contribution in [2.45, 2.75) is 6.92 Å². The molecule has 0 N–H and O–H groups in total. The minimum atomic E-state index is -0.409. The predicted octanol–water partition coefficient (Wildman–Crippen LogP) is 3.49. The zero-order valence-corrected chi connectivity index (χ0v) is 12.7. The van der Waals surface area contributed by atoms with Gasteiger partial charge in [0.05, 0.1) is 11.1 Å². The molecular formula is C18H12FN3O2. The van der Waals surface area contributed by atoms with Gasteiger partial charge < -0.3 is 4.52 Å². The molecule has 0 radical (unpaired) electrons. The molecule has 2 aromatic carbocycles. The summed E-state index contributed by atoms with van der Waals surface area (Å²) in [5.41, 5.74) is 1.68. The summed E-state index contributed by atoms with van der Waals surface area (Å²) in [7, 11) is 0. The summed E-state index contributed by atoms with van der Waals surface area (Å²) in [6, 6.07) is 15.0. The molecule has 0 aliphatic rings. The van der Waals surface area contributed by atoms with Crippen molar-refractivity contribution in [2.24, 2.45) is 0 Å². The van der Waals surface area contributed by atoms with Gasteiger partial charge in [0.25, 0.3) is 0 Å². The number of aromatic nitrogens is 3. The standard InChI is InChI=1S/C18H12FN3O2/c1-11-15-16(12-5-3-2-4-6-12)20-22(18(23)17(15)21-24-11)14-9-7-13(19)8-10-14/h2-10H,1H3. The lowest BCUT2D eigenvalue weighted by Crippen LogP contribution is -2.22. The van der Waals surface area contributed by atoms with Crippen LogP contribution >= 0.6 is 0 Å². The lowest BCUT2D eigenvalue weighted by atomic mass is 10.1. The maximum atomic E-state index is 13.2. The van der Waals surface area contributed by atoms with Crippen molar-refractivity contribution in [1.29, 1.82) is 0 Å². The van der Waals surface area contributed by atoms with E-state index >= 15 is 0 Å². The Bertz CT molecular complexity index is 1080. The van der Waals surface area contributed by atoms with Crippen LogP contribution in [0.4, 0.5) is 4.39 Å². The molecule has 0 saturated heterocycles. The Labute approximate surface area is 136 Å². The van der Waals surface area contributed by atoms with E-state index in [1.54, 1.807) is 6.92 Å². The van der Waals surface area contributed by atoms with E-state index in [4.69, 9.17) is 4.52 Å². The number of nitrogens with zero attached hydrogens (tertiary/aromatic N) is 3. The Morgan fingerprint density at radius 2 is 1.75 bits per heavy atom. The van der Waals surface area contributed by atoms with E-state index in [0.29, 0.717) is 22.5 Å². The molecule has 118 valence electrons. The van der Waals surface area contributed by atoms with Crippen molar-refractivity contribution in [3.63, 3.8) is 0 Å². The molecule has 4 aromatic rings. The molecule has 0 aliphatic heterocycles. The molecule has 4 rings (SSSR count). The lowest BCUT2D eigenvalue weighted by molar-refractivity contribution is 0.405. The molecule has 0 amide bonds. The second-order valence-electron chi connectivity index (χ2n) is 5.37. The van der Waals surface area contributed by atoms with Gasteiger partial charge >= 0.3 is 5.56 Å². The molecule has 24 heavy (non-hydrogen) atoms. The lowest BCUT2D eigenvalue weighted by Gasteiger charge is -2.08. The molecule has 2 heterocycles. The van der Waals surface area contributed by atoms with E-state index in [0.717, 1.165) is 5.56 Å². The third kappa shape index (κ3) is 2.20. The van der Waals surface area contributed by atoms with Gasteiger partial charge in [-0.1, -0.05) is 35.5 Å². The monoisotopic (exact) mass is 321 g/mol. The van der Waals surface area contributed by atoms with Crippen LogP contribution in [-0.2, 0) is 0 Å². The fraction of sp³-hybridized carbons (Fsp3) is 0.0556. The van der Waals surface area contributed by atoms with E-state index in [2.05, 4.69) is 10.3 Å². The summed E-state index contributed by atoms with van der Waals surface area (Å²) in [6.07, 6.45) is 0. The maximum Gasteiger partial charge on any atom is 0.301 e. The molecule has 2 aromatic heterocycles. The first kappa shape index (κ1) is 14.3. The largest absolute Gasteiger partial charge is 0.360 e. The van der Waals surface area contributed by atoms with Crippen LogP contribution in [0.15, 0.2) is 63.9 Å². The van der Waals surface area contributed by atoms with Gasteiger partial charge in [-0.3, -0.25) is 4.79 Å². The van der Waals surface area contributed by atoms with Crippen molar-refractivity contribution in [1.82, 2.24) is 14.9 Å². The Balaban J connectivity index is 2.08. The van der Waals surface area contributed by atoms with E-state index in [-0.39, 0.29) is 11.3 Å². The molecule has 6 heteroatoms. The average molecular weight is 321 g/mol. The number of benzene rings is 2. The first-order chi connectivity index (χ1) is 11.6. The highest BCUT2D eigenvalue weighted by atomic mass is 19.1. The van der Waals surface area contributed by atoms with Crippen LogP contribution in [-0.4, -0.2) is 14.9 Å². The average Bonchev–Trinajstić information content (AvgIpc) is 3.00. The van der Waals surface area contributed by atoms with Crippen LogP contribution in [0.3, 0.4) is 0 Å². The molecular weight excluding hydrogens is 309 g/mol.